The molecule has 0 fully saturated rings. The van der Waals surface area contributed by atoms with Crippen molar-refractivity contribution in [1.82, 2.24) is 14.5 Å². The van der Waals surface area contributed by atoms with Gasteiger partial charge in [0.25, 0.3) is 0 Å². The summed E-state index contributed by atoms with van der Waals surface area (Å²) in [7, 11) is 0. The topological polar surface area (TPSA) is 86.9 Å². The van der Waals surface area contributed by atoms with Crippen LogP contribution >= 0.6 is 0 Å². The number of halogens is 1. The first-order valence-corrected chi connectivity index (χ1v) is 8.39. The molecule has 0 radical (unpaired) electrons. The number of rotatable bonds is 3. The number of benzene rings is 1. The van der Waals surface area contributed by atoms with Gasteiger partial charge in [0.15, 0.2) is 0 Å². The standard InChI is InChI=1S/C18H21FN6O/c1-17(2,22-23-20)16(26)25-10-9-24-11-14(21-15(24)18(25,3)4)12-5-7-13(19)8-6-12/h5-8,11H,9-10H2,1-4H3. The summed E-state index contributed by atoms with van der Waals surface area (Å²) in [5.74, 6) is 0.209. The van der Waals surface area contributed by atoms with Crippen molar-refractivity contribution in [2.75, 3.05) is 6.54 Å². The van der Waals surface area contributed by atoms with Gasteiger partial charge in [-0.15, -0.1) is 0 Å². The Hall–Kier alpha value is -2.86. The van der Waals surface area contributed by atoms with Gasteiger partial charge in [0.05, 0.1) is 11.2 Å². The highest BCUT2D eigenvalue weighted by molar-refractivity contribution is 5.86. The van der Waals surface area contributed by atoms with Gasteiger partial charge in [-0.3, -0.25) is 4.79 Å². The molecule has 7 nitrogen and oxygen atoms in total. The quantitative estimate of drug-likeness (QED) is 0.475. The normalized spacial score (nSPS) is 16.0. The maximum Gasteiger partial charge on any atom is 0.235 e. The fourth-order valence-electron chi connectivity index (χ4n) is 3.28. The summed E-state index contributed by atoms with van der Waals surface area (Å²) in [6.07, 6.45) is 1.92. The Morgan fingerprint density at radius 1 is 1.31 bits per heavy atom. The molecule has 1 aliphatic heterocycles. The summed E-state index contributed by atoms with van der Waals surface area (Å²) in [5, 5.41) is 3.64. The van der Waals surface area contributed by atoms with Gasteiger partial charge >= 0.3 is 0 Å². The molecule has 0 bridgehead atoms. The van der Waals surface area contributed by atoms with Crippen LogP contribution in [0.3, 0.4) is 0 Å². The summed E-state index contributed by atoms with van der Waals surface area (Å²) >= 11 is 0. The second-order valence-corrected chi connectivity index (χ2v) is 7.41. The molecule has 2 heterocycles. The van der Waals surface area contributed by atoms with Gasteiger partial charge in [-0.1, -0.05) is 5.11 Å². The van der Waals surface area contributed by atoms with E-state index in [1.165, 1.54) is 12.1 Å². The third-order valence-electron chi connectivity index (χ3n) is 4.77. The lowest BCUT2D eigenvalue weighted by Gasteiger charge is -2.44. The molecule has 1 aromatic carbocycles. The molecule has 1 aromatic heterocycles. The lowest BCUT2D eigenvalue weighted by atomic mass is 9.94. The molecule has 2 aromatic rings. The molecule has 26 heavy (non-hydrogen) atoms. The van der Waals surface area contributed by atoms with Crippen LogP contribution in [0.2, 0.25) is 0 Å². The fraction of sp³-hybridized carbons (Fsp3) is 0.444. The maximum absolute atomic E-state index is 13.2. The minimum absolute atomic E-state index is 0.238. The summed E-state index contributed by atoms with van der Waals surface area (Å²) in [6.45, 7) is 8.13. The lowest BCUT2D eigenvalue weighted by Crippen LogP contribution is -2.56. The predicted octanol–water partition coefficient (Wildman–Crippen LogP) is 3.86. The second kappa shape index (κ2) is 6.14. The van der Waals surface area contributed by atoms with E-state index >= 15 is 0 Å². The number of hydrogen-bond donors (Lipinski definition) is 0. The van der Waals surface area contributed by atoms with E-state index in [2.05, 4.69) is 10.0 Å². The summed E-state index contributed by atoms with van der Waals surface area (Å²) < 4.78 is 15.2. The summed E-state index contributed by atoms with van der Waals surface area (Å²) in [4.78, 5) is 22.1. The average molecular weight is 356 g/mol. The molecule has 1 aliphatic rings. The number of imidazole rings is 1. The van der Waals surface area contributed by atoms with Crippen molar-refractivity contribution in [3.05, 3.63) is 52.5 Å². The molecule has 0 N–H and O–H groups in total. The zero-order valence-electron chi connectivity index (χ0n) is 15.3. The number of amides is 1. The minimum atomic E-state index is -1.17. The zero-order chi connectivity index (χ0) is 19.1. The molecule has 0 saturated carbocycles. The number of fused-ring (bicyclic) bond motifs is 1. The van der Waals surface area contributed by atoms with Crippen LogP contribution in [0.15, 0.2) is 35.6 Å². The van der Waals surface area contributed by atoms with Crippen molar-refractivity contribution in [2.45, 2.75) is 45.3 Å². The van der Waals surface area contributed by atoms with Crippen LogP contribution < -0.4 is 0 Å². The summed E-state index contributed by atoms with van der Waals surface area (Å²) in [5.41, 5.74) is 8.44. The van der Waals surface area contributed by atoms with Crippen molar-refractivity contribution in [3.63, 3.8) is 0 Å². The molecule has 8 heteroatoms. The van der Waals surface area contributed by atoms with Crippen molar-refractivity contribution in [3.8, 4) is 11.3 Å². The lowest BCUT2D eigenvalue weighted by molar-refractivity contribution is -0.143. The Balaban J connectivity index is 1.98. The van der Waals surface area contributed by atoms with Crippen molar-refractivity contribution >= 4 is 5.91 Å². The Bertz CT molecular complexity index is 893. The van der Waals surface area contributed by atoms with Gasteiger partial charge < -0.3 is 9.47 Å². The second-order valence-electron chi connectivity index (χ2n) is 7.41. The Morgan fingerprint density at radius 2 is 1.96 bits per heavy atom. The van der Waals surface area contributed by atoms with Gasteiger partial charge in [0.1, 0.15) is 17.2 Å². The molecule has 0 atom stereocenters. The van der Waals surface area contributed by atoms with E-state index in [1.807, 2.05) is 24.6 Å². The van der Waals surface area contributed by atoms with E-state index in [9.17, 15) is 9.18 Å². The molecule has 0 aliphatic carbocycles. The first-order valence-electron chi connectivity index (χ1n) is 8.39. The molecular weight excluding hydrogens is 335 g/mol. The number of azide groups is 1. The highest BCUT2D eigenvalue weighted by Crippen LogP contribution is 2.35. The van der Waals surface area contributed by atoms with Crippen LogP contribution in [0.5, 0.6) is 0 Å². The number of nitrogens with zero attached hydrogens (tertiary/aromatic N) is 6. The van der Waals surface area contributed by atoms with E-state index < -0.39 is 11.1 Å². The fourth-order valence-corrected chi connectivity index (χ4v) is 3.28. The van der Waals surface area contributed by atoms with E-state index in [0.29, 0.717) is 13.1 Å². The minimum Gasteiger partial charge on any atom is -0.331 e. The van der Waals surface area contributed by atoms with Crippen LogP contribution in [0.25, 0.3) is 21.7 Å². The van der Waals surface area contributed by atoms with Gasteiger partial charge in [-0.05, 0) is 57.5 Å². The van der Waals surface area contributed by atoms with Crippen LogP contribution in [-0.2, 0) is 16.9 Å². The average Bonchev–Trinajstić information content (AvgIpc) is 3.00. The maximum atomic E-state index is 13.2. The van der Waals surface area contributed by atoms with Crippen molar-refractivity contribution < 1.29 is 9.18 Å². The SMILES string of the molecule is CC(C)(N=[N+]=[N-])C(=O)N1CCn2cc(-c3ccc(F)cc3)nc2C1(C)C. The molecule has 3 rings (SSSR count). The van der Waals surface area contributed by atoms with Gasteiger partial charge in [0.2, 0.25) is 5.91 Å². The zero-order valence-corrected chi connectivity index (χ0v) is 15.3. The molecule has 0 saturated heterocycles. The smallest absolute Gasteiger partial charge is 0.235 e. The Labute approximate surface area is 151 Å². The number of hydrogen-bond acceptors (Lipinski definition) is 3. The van der Waals surface area contributed by atoms with E-state index in [1.54, 1.807) is 30.9 Å². The van der Waals surface area contributed by atoms with E-state index in [4.69, 9.17) is 10.5 Å². The third-order valence-corrected chi connectivity index (χ3v) is 4.77. The first kappa shape index (κ1) is 17.9. The van der Waals surface area contributed by atoms with Crippen molar-refractivity contribution in [2.24, 2.45) is 5.11 Å². The van der Waals surface area contributed by atoms with Crippen LogP contribution in [-0.4, -0.2) is 32.4 Å². The highest BCUT2D eigenvalue weighted by Gasteiger charge is 2.44. The Morgan fingerprint density at radius 3 is 2.58 bits per heavy atom. The van der Waals surface area contributed by atoms with Gasteiger partial charge in [-0.25, -0.2) is 9.37 Å². The van der Waals surface area contributed by atoms with Crippen molar-refractivity contribution in [1.29, 1.82) is 0 Å². The van der Waals surface area contributed by atoms with Crippen LogP contribution in [0.1, 0.15) is 33.5 Å². The number of carbonyl (C=O) groups excluding carboxylic acids is 1. The van der Waals surface area contributed by atoms with E-state index in [0.717, 1.165) is 17.1 Å². The predicted molar refractivity (Wildman–Crippen MR) is 95.6 cm³/mol. The highest BCUT2D eigenvalue weighted by atomic mass is 19.1. The molecule has 136 valence electrons. The molecule has 0 unspecified atom stereocenters. The molecular formula is C18H21FN6O. The number of aromatic nitrogens is 2. The number of carbonyl (C=O) groups is 1. The van der Waals surface area contributed by atoms with Gasteiger partial charge in [-0.2, -0.15) is 0 Å². The molecule has 1 amide bonds. The van der Waals surface area contributed by atoms with Crippen LogP contribution in [0.4, 0.5) is 4.39 Å². The monoisotopic (exact) mass is 356 g/mol. The van der Waals surface area contributed by atoms with Crippen LogP contribution in [0, 0.1) is 5.82 Å². The first-order chi connectivity index (χ1) is 12.2. The molecule has 0 spiro atoms. The van der Waals surface area contributed by atoms with Gasteiger partial charge in [0, 0.05) is 29.8 Å². The summed E-state index contributed by atoms with van der Waals surface area (Å²) in [6, 6.07) is 6.17. The van der Waals surface area contributed by atoms with E-state index in [-0.39, 0.29) is 11.7 Å². The largest absolute Gasteiger partial charge is 0.331 e. The Kier molecular flexibility index (Phi) is 4.24. The third kappa shape index (κ3) is 2.93.